The number of nitrogens with zero attached hydrogens (tertiary/aromatic N) is 3. The Hall–Kier alpha value is -3.09. The van der Waals surface area contributed by atoms with Crippen LogP contribution in [0, 0.1) is 6.92 Å². The molecule has 1 saturated heterocycles. The maximum Gasteiger partial charge on any atom is 0.435 e. The maximum atomic E-state index is 13.0. The second-order valence-electron chi connectivity index (χ2n) is 7.94. The molecule has 1 aliphatic heterocycles. The van der Waals surface area contributed by atoms with Crippen molar-refractivity contribution in [3.63, 3.8) is 0 Å². The topological polar surface area (TPSA) is 95.5 Å². The summed E-state index contributed by atoms with van der Waals surface area (Å²) in [6.45, 7) is 5.25. The minimum Gasteiger partial charge on any atom is -0.491 e. The highest BCUT2D eigenvalue weighted by atomic mass is 32.1. The fourth-order valence-corrected chi connectivity index (χ4v) is 4.08. The van der Waals surface area contributed by atoms with E-state index in [9.17, 15) is 18.0 Å². The number of alkyl halides is 3. The smallest absolute Gasteiger partial charge is 0.435 e. The SMILES string of the molecule is Cc1cnc(-c2cc(OC[C@H]3COCCO3)cc(C(=O)NC(C)c3ccc(C(F)(F)F)nn3)c2)s1. The first-order chi connectivity index (χ1) is 16.7. The summed E-state index contributed by atoms with van der Waals surface area (Å²) in [5.74, 6) is 0.00748. The fourth-order valence-electron chi connectivity index (χ4n) is 3.33. The van der Waals surface area contributed by atoms with Crippen molar-refractivity contribution in [2.24, 2.45) is 0 Å². The van der Waals surface area contributed by atoms with Crippen LogP contribution in [0.15, 0.2) is 36.5 Å². The third kappa shape index (κ3) is 6.53. The van der Waals surface area contributed by atoms with Crippen LogP contribution >= 0.6 is 11.3 Å². The molecule has 8 nitrogen and oxygen atoms in total. The van der Waals surface area contributed by atoms with Gasteiger partial charge in [0.2, 0.25) is 0 Å². The number of thiazole rings is 1. The van der Waals surface area contributed by atoms with E-state index in [-0.39, 0.29) is 18.4 Å². The quantitative estimate of drug-likeness (QED) is 0.511. The summed E-state index contributed by atoms with van der Waals surface area (Å²) in [7, 11) is 0. The fraction of sp³-hybridized carbons (Fsp3) is 0.391. The van der Waals surface area contributed by atoms with Gasteiger partial charge < -0.3 is 19.5 Å². The van der Waals surface area contributed by atoms with Gasteiger partial charge in [0.1, 0.15) is 23.5 Å². The summed E-state index contributed by atoms with van der Waals surface area (Å²) in [5, 5.41) is 10.3. The number of rotatable bonds is 7. The first-order valence-electron chi connectivity index (χ1n) is 10.8. The zero-order valence-electron chi connectivity index (χ0n) is 19.0. The van der Waals surface area contributed by atoms with E-state index >= 15 is 0 Å². The van der Waals surface area contributed by atoms with Crippen molar-refractivity contribution in [3.8, 4) is 16.3 Å². The molecule has 1 amide bonds. The summed E-state index contributed by atoms with van der Waals surface area (Å²) in [6.07, 6.45) is -3.06. The van der Waals surface area contributed by atoms with Crippen molar-refractivity contribution in [3.05, 3.63) is 58.4 Å². The highest BCUT2D eigenvalue weighted by Gasteiger charge is 2.33. The molecule has 3 aromatic rings. The van der Waals surface area contributed by atoms with Gasteiger partial charge in [-0.3, -0.25) is 4.79 Å². The molecule has 1 aliphatic rings. The molecule has 4 rings (SSSR count). The lowest BCUT2D eigenvalue weighted by molar-refractivity contribution is -0.141. The Labute approximate surface area is 203 Å². The Kier molecular flexibility index (Phi) is 7.63. The molecule has 1 aromatic carbocycles. The van der Waals surface area contributed by atoms with Crippen LogP contribution in [0.5, 0.6) is 5.75 Å². The Morgan fingerprint density at radius 1 is 1.26 bits per heavy atom. The summed E-state index contributed by atoms with van der Waals surface area (Å²) in [6, 6.07) is 6.42. The predicted octanol–water partition coefficient (Wildman–Crippen LogP) is 4.21. The molecule has 0 radical (unpaired) electrons. The van der Waals surface area contributed by atoms with Gasteiger partial charge in [-0.2, -0.15) is 18.3 Å². The van der Waals surface area contributed by atoms with Crippen LogP contribution < -0.4 is 10.1 Å². The highest BCUT2D eigenvalue weighted by Crippen LogP contribution is 2.30. The van der Waals surface area contributed by atoms with E-state index in [0.717, 1.165) is 16.0 Å². The Bertz CT molecular complexity index is 1160. The standard InChI is InChI=1S/C23H23F3N4O4S/c1-13-10-27-22(35-13)16-7-15(8-17(9-16)34-12-18-11-32-5-6-33-18)21(31)28-14(2)19-3-4-20(30-29-19)23(24,25)26/h3-4,7-10,14,18H,5-6,11-12H2,1-2H3,(H,28,31)/t14?,18-/m1/s1. The van der Waals surface area contributed by atoms with Gasteiger partial charge in [-0.05, 0) is 44.2 Å². The lowest BCUT2D eigenvalue weighted by atomic mass is 10.1. The van der Waals surface area contributed by atoms with E-state index in [0.29, 0.717) is 36.7 Å². The molecular weight excluding hydrogens is 485 g/mol. The monoisotopic (exact) mass is 508 g/mol. The number of carbonyl (C=O) groups is 1. The predicted molar refractivity (Wildman–Crippen MR) is 121 cm³/mol. The molecule has 12 heteroatoms. The van der Waals surface area contributed by atoms with E-state index in [2.05, 4.69) is 20.5 Å². The lowest BCUT2D eigenvalue weighted by Gasteiger charge is -2.23. The minimum atomic E-state index is -4.59. The number of aromatic nitrogens is 3. The van der Waals surface area contributed by atoms with Crippen LogP contribution in [0.3, 0.4) is 0 Å². The van der Waals surface area contributed by atoms with Crippen molar-refractivity contribution in [2.75, 3.05) is 26.4 Å². The molecule has 1 N–H and O–H groups in total. The molecule has 3 heterocycles. The van der Waals surface area contributed by atoms with Crippen LogP contribution in [0.2, 0.25) is 0 Å². The largest absolute Gasteiger partial charge is 0.491 e. The summed E-state index contributed by atoms with van der Waals surface area (Å²) < 4.78 is 55.1. The number of ether oxygens (including phenoxy) is 3. The van der Waals surface area contributed by atoms with E-state index in [4.69, 9.17) is 14.2 Å². The number of amides is 1. The average Bonchev–Trinajstić information content (AvgIpc) is 3.29. The van der Waals surface area contributed by atoms with Crippen LogP contribution in [0.25, 0.3) is 10.6 Å². The van der Waals surface area contributed by atoms with Crippen molar-refractivity contribution < 1.29 is 32.2 Å². The molecule has 0 bridgehead atoms. The van der Waals surface area contributed by atoms with Crippen LogP contribution in [0.4, 0.5) is 13.2 Å². The molecule has 1 fully saturated rings. The second-order valence-corrected chi connectivity index (χ2v) is 9.17. The third-order valence-electron chi connectivity index (χ3n) is 5.12. The molecule has 0 spiro atoms. The van der Waals surface area contributed by atoms with E-state index in [1.165, 1.54) is 17.4 Å². The number of hydrogen-bond donors (Lipinski definition) is 1. The highest BCUT2D eigenvalue weighted by molar-refractivity contribution is 7.14. The zero-order valence-corrected chi connectivity index (χ0v) is 19.8. The molecule has 1 unspecified atom stereocenters. The Balaban J connectivity index is 1.52. The zero-order chi connectivity index (χ0) is 25.0. The third-order valence-corrected chi connectivity index (χ3v) is 6.09. The molecule has 186 valence electrons. The number of aryl methyl sites for hydroxylation is 1. The first-order valence-corrected chi connectivity index (χ1v) is 11.6. The van der Waals surface area contributed by atoms with Gasteiger partial charge in [-0.25, -0.2) is 4.98 Å². The van der Waals surface area contributed by atoms with Crippen molar-refractivity contribution >= 4 is 17.2 Å². The van der Waals surface area contributed by atoms with Gasteiger partial charge in [0.05, 0.1) is 31.6 Å². The van der Waals surface area contributed by atoms with Gasteiger partial charge >= 0.3 is 6.18 Å². The Morgan fingerprint density at radius 2 is 2.09 bits per heavy atom. The number of hydrogen-bond acceptors (Lipinski definition) is 8. The molecule has 35 heavy (non-hydrogen) atoms. The molecule has 0 saturated carbocycles. The van der Waals surface area contributed by atoms with Crippen LogP contribution in [0.1, 0.15) is 39.6 Å². The summed E-state index contributed by atoms with van der Waals surface area (Å²) in [5.41, 5.74) is 0.107. The van der Waals surface area contributed by atoms with Crippen LogP contribution in [-0.4, -0.2) is 53.6 Å². The normalized spacial score (nSPS) is 17.1. The lowest BCUT2D eigenvalue weighted by Crippen LogP contribution is -2.33. The van der Waals surface area contributed by atoms with E-state index in [1.807, 2.05) is 6.92 Å². The van der Waals surface area contributed by atoms with Crippen molar-refractivity contribution in [1.82, 2.24) is 20.5 Å². The molecule has 0 aliphatic carbocycles. The first kappa shape index (κ1) is 25.0. The minimum absolute atomic E-state index is 0.198. The molecule has 2 aromatic heterocycles. The van der Waals surface area contributed by atoms with Crippen LogP contribution in [-0.2, 0) is 15.7 Å². The van der Waals surface area contributed by atoms with Gasteiger partial charge in [0, 0.05) is 22.2 Å². The maximum absolute atomic E-state index is 13.0. The van der Waals surface area contributed by atoms with Crippen molar-refractivity contribution in [2.45, 2.75) is 32.2 Å². The van der Waals surface area contributed by atoms with E-state index < -0.39 is 23.8 Å². The van der Waals surface area contributed by atoms with Crippen molar-refractivity contribution in [1.29, 1.82) is 0 Å². The molecular formula is C23H23F3N4O4S. The number of benzene rings is 1. The average molecular weight is 509 g/mol. The summed E-state index contributed by atoms with van der Waals surface area (Å²) in [4.78, 5) is 18.4. The number of carbonyl (C=O) groups excluding carboxylic acids is 1. The van der Waals surface area contributed by atoms with Gasteiger partial charge in [0.15, 0.2) is 5.69 Å². The second kappa shape index (κ2) is 10.7. The summed E-state index contributed by atoms with van der Waals surface area (Å²) >= 11 is 1.48. The number of halogens is 3. The van der Waals surface area contributed by atoms with Gasteiger partial charge in [-0.1, -0.05) is 0 Å². The van der Waals surface area contributed by atoms with E-state index in [1.54, 1.807) is 31.3 Å². The number of nitrogens with one attached hydrogen (secondary N) is 1. The van der Waals surface area contributed by atoms with Gasteiger partial charge in [-0.15, -0.1) is 16.4 Å². The van der Waals surface area contributed by atoms with Gasteiger partial charge in [0.25, 0.3) is 5.91 Å². The Morgan fingerprint density at radius 3 is 2.71 bits per heavy atom. The molecule has 2 atom stereocenters.